The molecular formula is C15H19NO6. The molecule has 1 aliphatic rings. The Hall–Kier alpha value is -1.64. The van der Waals surface area contributed by atoms with Crippen molar-refractivity contribution in [2.45, 2.75) is 30.7 Å². The Morgan fingerprint density at radius 2 is 1.86 bits per heavy atom. The molecule has 0 spiro atoms. The van der Waals surface area contributed by atoms with E-state index in [9.17, 15) is 20.4 Å². The molecule has 22 heavy (non-hydrogen) atoms. The van der Waals surface area contributed by atoms with E-state index in [1.54, 1.807) is 10.6 Å². The first-order chi connectivity index (χ1) is 10.5. The third kappa shape index (κ3) is 2.47. The lowest BCUT2D eigenvalue weighted by Gasteiger charge is -2.39. The molecule has 3 rings (SSSR count). The van der Waals surface area contributed by atoms with Gasteiger partial charge in [0.1, 0.15) is 24.4 Å². The summed E-state index contributed by atoms with van der Waals surface area (Å²) >= 11 is 0. The van der Waals surface area contributed by atoms with Gasteiger partial charge in [-0.2, -0.15) is 0 Å². The second-order valence-electron chi connectivity index (χ2n) is 5.42. The van der Waals surface area contributed by atoms with Gasteiger partial charge in [-0.3, -0.25) is 0 Å². The van der Waals surface area contributed by atoms with Gasteiger partial charge in [-0.1, -0.05) is 18.2 Å². The van der Waals surface area contributed by atoms with Crippen molar-refractivity contribution in [1.29, 1.82) is 0 Å². The molecule has 7 heteroatoms. The van der Waals surface area contributed by atoms with Crippen molar-refractivity contribution in [2.24, 2.45) is 7.05 Å². The monoisotopic (exact) mass is 309 g/mol. The molecule has 2 aromatic rings. The highest BCUT2D eigenvalue weighted by molar-refractivity contribution is 5.82. The Kier molecular flexibility index (Phi) is 4.07. The summed E-state index contributed by atoms with van der Waals surface area (Å²) in [6.45, 7) is -0.486. The van der Waals surface area contributed by atoms with Crippen LogP contribution in [0.1, 0.15) is 0 Å². The van der Waals surface area contributed by atoms with Crippen molar-refractivity contribution in [2.75, 3.05) is 6.61 Å². The lowest BCUT2D eigenvalue weighted by Crippen LogP contribution is -2.60. The standard InChI is InChI=1S/C15H19NO6/c1-16-9-5-3-2-4-8(9)6-11(16)22-15-14(20)13(19)12(18)10(7-17)21-15/h2-6,10,12-15,17-20H,7H2,1H3/t10-,12+,13+,14-,15?/m1/s1. The average Bonchev–Trinajstić information content (AvgIpc) is 2.84. The van der Waals surface area contributed by atoms with Crippen LogP contribution < -0.4 is 4.74 Å². The zero-order chi connectivity index (χ0) is 15.9. The van der Waals surface area contributed by atoms with Gasteiger partial charge >= 0.3 is 0 Å². The fourth-order valence-corrected chi connectivity index (χ4v) is 2.66. The van der Waals surface area contributed by atoms with E-state index < -0.39 is 37.3 Å². The van der Waals surface area contributed by atoms with Gasteiger partial charge in [-0.25, -0.2) is 0 Å². The minimum Gasteiger partial charge on any atom is -0.447 e. The predicted molar refractivity (Wildman–Crippen MR) is 77.3 cm³/mol. The highest BCUT2D eigenvalue weighted by atomic mass is 16.7. The normalized spacial score (nSPS) is 32.3. The molecular weight excluding hydrogens is 290 g/mol. The molecule has 1 unspecified atom stereocenters. The van der Waals surface area contributed by atoms with Gasteiger partial charge in [-0.05, 0) is 6.07 Å². The van der Waals surface area contributed by atoms with E-state index in [0.717, 1.165) is 10.9 Å². The van der Waals surface area contributed by atoms with Crippen LogP contribution in [0, 0.1) is 0 Å². The number of para-hydroxylation sites is 1. The van der Waals surface area contributed by atoms with Gasteiger partial charge in [0, 0.05) is 18.5 Å². The van der Waals surface area contributed by atoms with Crippen LogP contribution >= 0.6 is 0 Å². The van der Waals surface area contributed by atoms with E-state index >= 15 is 0 Å². The fourth-order valence-electron chi connectivity index (χ4n) is 2.66. The number of aryl methyl sites for hydroxylation is 1. The molecule has 0 bridgehead atoms. The van der Waals surface area contributed by atoms with E-state index in [1.165, 1.54) is 0 Å². The Balaban J connectivity index is 1.85. The van der Waals surface area contributed by atoms with Crippen molar-refractivity contribution in [1.82, 2.24) is 4.57 Å². The summed E-state index contributed by atoms with van der Waals surface area (Å²) in [7, 11) is 1.81. The Morgan fingerprint density at radius 3 is 2.55 bits per heavy atom. The van der Waals surface area contributed by atoms with Crippen molar-refractivity contribution >= 4 is 10.9 Å². The van der Waals surface area contributed by atoms with Gasteiger partial charge in [0.2, 0.25) is 6.29 Å². The maximum absolute atomic E-state index is 10.00. The largest absolute Gasteiger partial charge is 0.447 e. The summed E-state index contributed by atoms with van der Waals surface area (Å²) in [5.41, 5.74) is 0.946. The number of hydrogen-bond donors (Lipinski definition) is 4. The van der Waals surface area contributed by atoms with Crippen LogP contribution in [0.15, 0.2) is 30.3 Å². The average molecular weight is 309 g/mol. The Morgan fingerprint density at radius 1 is 1.14 bits per heavy atom. The third-order valence-electron chi connectivity index (χ3n) is 3.99. The first-order valence-electron chi connectivity index (χ1n) is 7.04. The zero-order valence-corrected chi connectivity index (χ0v) is 12.0. The molecule has 2 heterocycles. The van der Waals surface area contributed by atoms with Crippen LogP contribution in [0.25, 0.3) is 10.9 Å². The molecule has 4 N–H and O–H groups in total. The number of aliphatic hydroxyl groups excluding tert-OH is 4. The molecule has 1 fully saturated rings. The fraction of sp³-hybridized carbons (Fsp3) is 0.467. The second kappa shape index (κ2) is 5.86. The summed E-state index contributed by atoms with van der Waals surface area (Å²) in [4.78, 5) is 0. The lowest BCUT2D eigenvalue weighted by molar-refractivity contribution is -0.278. The van der Waals surface area contributed by atoms with Gasteiger partial charge < -0.3 is 34.5 Å². The van der Waals surface area contributed by atoms with Crippen molar-refractivity contribution in [3.8, 4) is 5.88 Å². The minimum absolute atomic E-state index is 0.450. The third-order valence-corrected chi connectivity index (χ3v) is 3.99. The van der Waals surface area contributed by atoms with Crippen molar-refractivity contribution in [3.63, 3.8) is 0 Å². The summed E-state index contributed by atoms with van der Waals surface area (Å²) in [6, 6.07) is 9.45. The smallest absolute Gasteiger partial charge is 0.230 e. The molecule has 0 amide bonds. The number of ether oxygens (including phenoxy) is 2. The molecule has 1 aromatic carbocycles. The molecule has 1 aromatic heterocycles. The quantitative estimate of drug-likeness (QED) is 0.601. The molecule has 0 aliphatic carbocycles. The maximum Gasteiger partial charge on any atom is 0.230 e. The number of aromatic nitrogens is 1. The van der Waals surface area contributed by atoms with E-state index in [0.29, 0.717) is 5.88 Å². The summed E-state index contributed by atoms with van der Waals surface area (Å²) < 4.78 is 12.8. The van der Waals surface area contributed by atoms with Crippen LogP contribution in [0.3, 0.4) is 0 Å². The van der Waals surface area contributed by atoms with Crippen molar-refractivity contribution < 1.29 is 29.9 Å². The molecule has 120 valence electrons. The number of nitrogens with zero attached hydrogens (tertiary/aromatic N) is 1. The summed E-state index contributed by atoms with van der Waals surface area (Å²) in [5, 5.41) is 39.7. The van der Waals surface area contributed by atoms with Gasteiger partial charge in [0.15, 0.2) is 5.88 Å². The van der Waals surface area contributed by atoms with E-state index in [4.69, 9.17) is 9.47 Å². The minimum atomic E-state index is -1.45. The van der Waals surface area contributed by atoms with Crippen LogP contribution in [0.2, 0.25) is 0 Å². The van der Waals surface area contributed by atoms with Crippen molar-refractivity contribution in [3.05, 3.63) is 30.3 Å². The zero-order valence-electron chi connectivity index (χ0n) is 12.0. The number of benzene rings is 1. The molecule has 1 aliphatic heterocycles. The maximum atomic E-state index is 10.00. The molecule has 1 saturated heterocycles. The topological polar surface area (TPSA) is 104 Å². The van der Waals surface area contributed by atoms with Crippen LogP contribution in [-0.4, -0.2) is 62.3 Å². The number of rotatable bonds is 3. The second-order valence-corrected chi connectivity index (χ2v) is 5.42. The Bertz CT molecular complexity index is 655. The first-order valence-corrected chi connectivity index (χ1v) is 7.04. The molecule has 0 radical (unpaired) electrons. The number of aliphatic hydroxyl groups is 4. The molecule has 5 atom stereocenters. The van der Waals surface area contributed by atoms with Crippen LogP contribution in [0.5, 0.6) is 5.88 Å². The molecule has 0 saturated carbocycles. The van der Waals surface area contributed by atoms with Crippen LogP contribution in [0.4, 0.5) is 0 Å². The summed E-state index contributed by atoms with van der Waals surface area (Å²) in [6.07, 6.45) is -6.44. The predicted octanol–water partition coefficient (Wildman–Crippen LogP) is -0.643. The Labute approximate surface area is 126 Å². The van der Waals surface area contributed by atoms with Gasteiger partial charge in [0.25, 0.3) is 0 Å². The van der Waals surface area contributed by atoms with Crippen LogP contribution in [-0.2, 0) is 11.8 Å². The SMILES string of the molecule is Cn1c(OC2O[C@H](CO)[C@H](O)[C@H](O)[C@H]2O)cc2ccccc21. The highest BCUT2D eigenvalue weighted by Crippen LogP contribution is 2.28. The van der Waals surface area contributed by atoms with E-state index in [2.05, 4.69) is 0 Å². The first kappa shape index (κ1) is 15.3. The highest BCUT2D eigenvalue weighted by Gasteiger charge is 2.44. The summed E-state index contributed by atoms with van der Waals surface area (Å²) in [5.74, 6) is 0.450. The number of hydrogen-bond acceptors (Lipinski definition) is 6. The van der Waals surface area contributed by atoms with Gasteiger partial charge in [-0.15, -0.1) is 0 Å². The van der Waals surface area contributed by atoms with E-state index in [-0.39, 0.29) is 0 Å². The lowest BCUT2D eigenvalue weighted by atomic mass is 9.99. The number of fused-ring (bicyclic) bond motifs is 1. The van der Waals surface area contributed by atoms with Gasteiger partial charge in [0.05, 0.1) is 12.1 Å². The molecule has 7 nitrogen and oxygen atoms in total. The van der Waals surface area contributed by atoms with E-state index in [1.807, 2.05) is 31.3 Å².